The van der Waals surface area contributed by atoms with Gasteiger partial charge in [0.05, 0.1) is 11.4 Å². The van der Waals surface area contributed by atoms with Gasteiger partial charge in [-0.3, -0.25) is 9.59 Å². The number of hydrogen-bond acceptors (Lipinski definition) is 6. The zero-order valence-corrected chi connectivity index (χ0v) is 14.4. The van der Waals surface area contributed by atoms with E-state index in [-0.39, 0.29) is 22.8 Å². The number of rotatable bonds is 6. The van der Waals surface area contributed by atoms with Crippen LogP contribution in [0.5, 0.6) is 0 Å². The summed E-state index contributed by atoms with van der Waals surface area (Å²) in [6, 6.07) is 1.42. The van der Waals surface area contributed by atoms with Gasteiger partial charge in [0.25, 0.3) is 5.56 Å². The van der Waals surface area contributed by atoms with Crippen LogP contribution in [-0.4, -0.2) is 63.4 Å². The molecule has 1 saturated heterocycles. The molecular weight excluding hydrogens is 316 g/mol. The molecule has 1 atom stereocenters. The van der Waals surface area contributed by atoms with Crippen molar-refractivity contribution >= 4 is 17.7 Å². The van der Waals surface area contributed by atoms with Crippen LogP contribution in [0, 0.1) is 6.92 Å². The van der Waals surface area contributed by atoms with Crippen molar-refractivity contribution < 1.29 is 9.90 Å². The predicted octanol–water partition coefficient (Wildman–Crippen LogP) is 0.132. The molecule has 1 aromatic rings. The zero-order valence-electron chi connectivity index (χ0n) is 13.5. The zero-order chi connectivity index (χ0) is 16.8. The van der Waals surface area contributed by atoms with Crippen LogP contribution in [0.25, 0.3) is 0 Å². The van der Waals surface area contributed by atoms with E-state index in [0.29, 0.717) is 17.4 Å². The van der Waals surface area contributed by atoms with Crippen LogP contribution in [0.2, 0.25) is 0 Å². The second-order valence-electron chi connectivity index (χ2n) is 5.82. The summed E-state index contributed by atoms with van der Waals surface area (Å²) in [5, 5.41) is 12.5. The Kier molecular flexibility index (Phi) is 6.61. The molecule has 2 rings (SSSR count). The summed E-state index contributed by atoms with van der Waals surface area (Å²) in [6.07, 6.45) is 1.42. The van der Waals surface area contributed by atoms with Crippen LogP contribution >= 0.6 is 11.8 Å². The number of nitrogens with zero attached hydrogens (tertiary/aromatic N) is 2. The summed E-state index contributed by atoms with van der Waals surface area (Å²) < 4.78 is 0. The molecule has 1 aromatic heterocycles. The van der Waals surface area contributed by atoms with Gasteiger partial charge in [0, 0.05) is 37.9 Å². The minimum Gasteiger partial charge on any atom is -0.393 e. The fraction of sp³-hybridized carbons (Fsp3) is 0.667. The lowest BCUT2D eigenvalue weighted by Gasteiger charge is -2.29. The molecular formula is C15H24N4O3S. The Labute approximate surface area is 139 Å². The van der Waals surface area contributed by atoms with Gasteiger partial charge in [0.1, 0.15) is 0 Å². The van der Waals surface area contributed by atoms with E-state index in [1.54, 1.807) is 13.8 Å². The van der Waals surface area contributed by atoms with Crippen LogP contribution < -0.4 is 10.9 Å². The van der Waals surface area contributed by atoms with Gasteiger partial charge in [-0.25, -0.2) is 4.98 Å². The van der Waals surface area contributed by atoms with Gasteiger partial charge in [0.15, 0.2) is 5.16 Å². The third-order valence-corrected chi connectivity index (χ3v) is 4.77. The summed E-state index contributed by atoms with van der Waals surface area (Å²) >= 11 is 1.24. The number of hydrogen-bond donors (Lipinski definition) is 3. The number of thioether (sulfide) groups is 1. The molecule has 1 aliphatic heterocycles. The van der Waals surface area contributed by atoms with E-state index in [4.69, 9.17) is 0 Å². The van der Waals surface area contributed by atoms with Crippen molar-refractivity contribution in [1.82, 2.24) is 20.2 Å². The quantitative estimate of drug-likeness (QED) is 0.503. The van der Waals surface area contributed by atoms with Crippen molar-refractivity contribution in [1.29, 1.82) is 0 Å². The highest BCUT2D eigenvalue weighted by molar-refractivity contribution is 8.00. The molecule has 128 valence electrons. The molecule has 23 heavy (non-hydrogen) atoms. The maximum Gasteiger partial charge on any atom is 0.251 e. The number of amides is 1. The molecule has 1 aliphatic rings. The van der Waals surface area contributed by atoms with E-state index in [9.17, 15) is 14.7 Å². The second kappa shape index (κ2) is 8.47. The Morgan fingerprint density at radius 2 is 2.26 bits per heavy atom. The molecule has 1 unspecified atom stereocenters. The van der Waals surface area contributed by atoms with Gasteiger partial charge < -0.3 is 20.3 Å². The Morgan fingerprint density at radius 3 is 2.91 bits per heavy atom. The van der Waals surface area contributed by atoms with Crippen molar-refractivity contribution in [3.05, 3.63) is 22.1 Å². The number of aliphatic hydroxyl groups is 1. The molecule has 0 spiro atoms. The molecule has 0 aromatic carbocycles. The highest BCUT2D eigenvalue weighted by Crippen LogP contribution is 2.18. The fourth-order valence-corrected chi connectivity index (χ4v) is 3.33. The Hall–Kier alpha value is -1.38. The number of nitrogens with one attached hydrogen (secondary N) is 2. The number of likely N-dealkylation sites (tertiary alicyclic amines) is 1. The molecule has 8 heteroatoms. The van der Waals surface area contributed by atoms with Gasteiger partial charge in [-0.15, -0.1) is 0 Å². The average Bonchev–Trinajstić information content (AvgIpc) is 2.48. The number of aryl methyl sites for hydroxylation is 1. The van der Waals surface area contributed by atoms with Gasteiger partial charge in [-0.05, 0) is 26.7 Å². The third-order valence-electron chi connectivity index (χ3n) is 3.79. The first-order valence-electron chi connectivity index (χ1n) is 7.87. The number of piperidine rings is 1. The van der Waals surface area contributed by atoms with Crippen LogP contribution in [-0.2, 0) is 4.79 Å². The average molecular weight is 340 g/mol. The van der Waals surface area contributed by atoms with Crippen molar-refractivity contribution in [3.63, 3.8) is 0 Å². The molecule has 0 bridgehead atoms. The highest BCUT2D eigenvalue weighted by atomic mass is 32.2. The molecule has 0 saturated carbocycles. The van der Waals surface area contributed by atoms with Gasteiger partial charge in [-0.2, -0.15) is 0 Å². The van der Waals surface area contributed by atoms with Crippen molar-refractivity contribution in [2.24, 2.45) is 0 Å². The normalized spacial score (nSPS) is 17.9. The number of aromatic nitrogens is 2. The number of carbonyl (C=O) groups excluding carboxylic acids is 1. The number of aromatic amines is 1. The summed E-state index contributed by atoms with van der Waals surface area (Å²) in [7, 11) is 0. The SMILES string of the molecule is Cc1cc(=O)[nH]c(SC(C)C(=O)NCCN2CCC(O)CC2)n1. The van der Waals surface area contributed by atoms with E-state index in [2.05, 4.69) is 20.2 Å². The molecule has 1 amide bonds. The predicted molar refractivity (Wildman–Crippen MR) is 89.6 cm³/mol. The van der Waals surface area contributed by atoms with E-state index in [0.717, 1.165) is 32.5 Å². The number of aliphatic hydroxyl groups excluding tert-OH is 1. The Balaban J connectivity index is 1.73. The number of H-pyrrole nitrogens is 1. The minimum atomic E-state index is -0.330. The van der Waals surface area contributed by atoms with Crippen LogP contribution in [0.4, 0.5) is 0 Å². The van der Waals surface area contributed by atoms with Crippen LogP contribution in [0.3, 0.4) is 0 Å². The van der Waals surface area contributed by atoms with Crippen molar-refractivity contribution in [2.75, 3.05) is 26.2 Å². The van der Waals surface area contributed by atoms with Crippen molar-refractivity contribution in [2.45, 2.75) is 43.2 Å². The Bertz CT molecular complexity index is 584. The molecule has 2 heterocycles. The molecule has 0 radical (unpaired) electrons. The van der Waals surface area contributed by atoms with E-state index in [1.165, 1.54) is 17.8 Å². The molecule has 1 fully saturated rings. The highest BCUT2D eigenvalue weighted by Gasteiger charge is 2.18. The second-order valence-corrected chi connectivity index (χ2v) is 7.15. The van der Waals surface area contributed by atoms with Crippen molar-refractivity contribution in [3.8, 4) is 0 Å². The molecule has 7 nitrogen and oxygen atoms in total. The van der Waals surface area contributed by atoms with Gasteiger partial charge >= 0.3 is 0 Å². The lowest BCUT2D eigenvalue weighted by Crippen LogP contribution is -2.42. The van der Waals surface area contributed by atoms with Gasteiger partial charge in [0.2, 0.25) is 5.91 Å². The summed E-state index contributed by atoms with van der Waals surface area (Å²) in [5.41, 5.74) is 0.427. The first kappa shape index (κ1) is 18.0. The lowest BCUT2D eigenvalue weighted by atomic mass is 10.1. The maximum atomic E-state index is 12.1. The lowest BCUT2D eigenvalue weighted by molar-refractivity contribution is -0.120. The van der Waals surface area contributed by atoms with E-state index >= 15 is 0 Å². The maximum absolute atomic E-state index is 12.1. The summed E-state index contributed by atoms with van der Waals surface area (Å²) in [6.45, 7) is 6.65. The smallest absolute Gasteiger partial charge is 0.251 e. The first-order chi connectivity index (χ1) is 10.9. The van der Waals surface area contributed by atoms with E-state index in [1.807, 2.05) is 0 Å². The van der Waals surface area contributed by atoms with E-state index < -0.39 is 0 Å². The molecule has 0 aliphatic carbocycles. The standard InChI is InChI=1S/C15H24N4O3S/c1-10-9-13(21)18-15(17-10)23-11(2)14(22)16-5-8-19-6-3-12(20)4-7-19/h9,11-12,20H,3-8H2,1-2H3,(H,16,22)(H,17,18,21). The fourth-order valence-electron chi connectivity index (χ4n) is 2.45. The largest absolute Gasteiger partial charge is 0.393 e. The van der Waals surface area contributed by atoms with Gasteiger partial charge in [-0.1, -0.05) is 11.8 Å². The Morgan fingerprint density at radius 1 is 1.57 bits per heavy atom. The molecule has 3 N–H and O–H groups in total. The first-order valence-corrected chi connectivity index (χ1v) is 8.75. The third kappa shape index (κ3) is 5.96. The summed E-state index contributed by atoms with van der Waals surface area (Å²) in [4.78, 5) is 32.6. The topological polar surface area (TPSA) is 98.3 Å². The van der Waals surface area contributed by atoms with Crippen LogP contribution in [0.15, 0.2) is 16.0 Å². The summed E-state index contributed by atoms with van der Waals surface area (Å²) in [5.74, 6) is -0.0730. The monoisotopic (exact) mass is 340 g/mol. The number of carbonyl (C=O) groups is 1. The minimum absolute atomic E-state index is 0.0730. The van der Waals surface area contributed by atoms with Crippen LogP contribution in [0.1, 0.15) is 25.5 Å².